The van der Waals surface area contributed by atoms with E-state index in [-0.39, 0.29) is 17.1 Å². The molecular weight excluding hydrogens is 491 g/mol. The highest BCUT2D eigenvalue weighted by Crippen LogP contribution is 2.38. The number of alkyl halides is 3. The van der Waals surface area contributed by atoms with Crippen LogP contribution < -0.4 is 25.0 Å². The van der Waals surface area contributed by atoms with Gasteiger partial charge in [-0.3, -0.25) is 4.79 Å². The van der Waals surface area contributed by atoms with Crippen LogP contribution in [0.5, 0.6) is 17.4 Å². The maximum atomic E-state index is 13.6. The van der Waals surface area contributed by atoms with Gasteiger partial charge in [-0.1, -0.05) is 6.07 Å². The standard InChI is InChI=1S/C25H24F3N5O4/c1-15-2-3-16(10-20(15)37-24-21-22(30-14-31-24)29-4-7-36-21)23(34)32-18-11-17(25(26,27)28)12-19(13-18)33-5-8-35-9-6-33/h2-3,10-14H,4-9H2,1H3,(H,32,34)(H,29,30,31). The van der Waals surface area contributed by atoms with Crippen LogP contribution in [-0.4, -0.2) is 55.3 Å². The zero-order valence-corrected chi connectivity index (χ0v) is 19.9. The van der Waals surface area contributed by atoms with Crippen LogP contribution in [0.1, 0.15) is 21.5 Å². The van der Waals surface area contributed by atoms with E-state index < -0.39 is 17.6 Å². The Morgan fingerprint density at radius 1 is 1.11 bits per heavy atom. The van der Waals surface area contributed by atoms with Gasteiger partial charge in [0.1, 0.15) is 18.7 Å². The molecule has 3 aromatic rings. The number of rotatable bonds is 5. The second-order valence-corrected chi connectivity index (χ2v) is 8.53. The van der Waals surface area contributed by atoms with E-state index >= 15 is 0 Å². The van der Waals surface area contributed by atoms with E-state index in [0.717, 1.165) is 17.7 Å². The third-order valence-electron chi connectivity index (χ3n) is 5.95. The Hall–Kier alpha value is -4.06. The topological polar surface area (TPSA) is 97.8 Å². The first-order valence-corrected chi connectivity index (χ1v) is 11.6. The van der Waals surface area contributed by atoms with Crippen molar-refractivity contribution in [2.24, 2.45) is 0 Å². The minimum Gasteiger partial charge on any atom is -0.483 e. The number of aromatic nitrogens is 2. The number of morpholine rings is 1. The third kappa shape index (κ3) is 5.53. The predicted molar refractivity (Wildman–Crippen MR) is 130 cm³/mol. The molecule has 0 radical (unpaired) electrons. The highest BCUT2D eigenvalue weighted by atomic mass is 19.4. The van der Waals surface area contributed by atoms with E-state index in [0.29, 0.717) is 62.5 Å². The average molecular weight is 515 g/mol. The van der Waals surface area contributed by atoms with E-state index in [1.54, 1.807) is 24.0 Å². The minimum absolute atomic E-state index is 0.0358. The Labute approximate surface area is 210 Å². The van der Waals surface area contributed by atoms with Crippen LogP contribution in [0.15, 0.2) is 42.7 Å². The number of halogens is 3. The Kier molecular flexibility index (Phi) is 6.74. The first-order valence-electron chi connectivity index (χ1n) is 11.6. The summed E-state index contributed by atoms with van der Waals surface area (Å²) in [7, 11) is 0. The Morgan fingerprint density at radius 2 is 1.92 bits per heavy atom. The zero-order chi connectivity index (χ0) is 26.0. The molecule has 0 aliphatic carbocycles. The molecule has 0 unspecified atom stereocenters. The molecule has 0 saturated carbocycles. The van der Waals surface area contributed by atoms with Crippen LogP contribution in [0, 0.1) is 6.92 Å². The number of anilines is 3. The molecule has 2 aromatic carbocycles. The smallest absolute Gasteiger partial charge is 0.416 e. The molecule has 194 valence electrons. The van der Waals surface area contributed by atoms with Gasteiger partial charge in [-0.2, -0.15) is 18.2 Å². The molecule has 37 heavy (non-hydrogen) atoms. The maximum absolute atomic E-state index is 13.6. The molecule has 3 heterocycles. The van der Waals surface area contributed by atoms with Crippen LogP contribution in [0.2, 0.25) is 0 Å². The summed E-state index contributed by atoms with van der Waals surface area (Å²) in [5.41, 5.74) is 0.480. The summed E-state index contributed by atoms with van der Waals surface area (Å²) in [6, 6.07) is 8.29. The minimum atomic E-state index is -4.57. The number of amides is 1. The molecule has 0 bridgehead atoms. The lowest BCUT2D eigenvalue weighted by atomic mass is 10.1. The lowest BCUT2D eigenvalue weighted by molar-refractivity contribution is -0.137. The van der Waals surface area contributed by atoms with Crippen molar-refractivity contribution in [1.29, 1.82) is 0 Å². The number of carbonyl (C=O) groups is 1. The van der Waals surface area contributed by atoms with Gasteiger partial charge in [-0.25, -0.2) is 4.98 Å². The number of hydrogen-bond acceptors (Lipinski definition) is 8. The molecule has 9 nitrogen and oxygen atoms in total. The quantitative estimate of drug-likeness (QED) is 0.513. The summed E-state index contributed by atoms with van der Waals surface area (Å²) in [4.78, 5) is 23.1. The van der Waals surface area contributed by atoms with Gasteiger partial charge in [-0.15, -0.1) is 0 Å². The van der Waals surface area contributed by atoms with E-state index in [9.17, 15) is 18.0 Å². The lowest BCUT2D eigenvalue weighted by Crippen LogP contribution is -2.36. The summed E-state index contributed by atoms with van der Waals surface area (Å²) in [6.45, 7) is 4.56. The van der Waals surface area contributed by atoms with Crippen molar-refractivity contribution < 1.29 is 32.2 Å². The molecular formula is C25H24F3N5O4. The van der Waals surface area contributed by atoms with E-state index in [2.05, 4.69) is 20.6 Å². The summed E-state index contributed by atoms with van der Waals surface area (Å²) in [5, 5.41) is 5.69. The molecule has 0 spiro atoms. The van der Waals surface area contributed by atoms with Gasteiger partial charge in [0.15, 0.2) is 5.82 Å². The number of ether oxygens (including phenoxy) is 3. The van der Waals surface area contributed by atoms with Crippen molar-refractivity contribution in [2.45, 2.75) is 13.1 Å². The van der Waals surface area contributed by atoms with Crippen molar-refractivity contribution in [3.63, 3.8) is 0 Å². The van der Waals surface area contributed by atoms with Gasteiger partial charge in [-0.05, 0) is 42.8 Å². The highest BCUT2D eigenvalue weighted by molar-refractivity contribution is 6.04. The molecule has 2 aliphatic rings. The first-order chi connectivity index (χ1) is 17.8. The van der Waals surface area contributed by atoms with E-state index in [4.69, 9.17) is 14.2 Å². The van der Waals surface area contributed by atoms with Crippen LogP contribution in [0.3, 0.4) is 0 Å². The molecule has 0 atom stereocenters. The Bertz CT molecular complexity index is 1310. The summed E-state index contributed by atoms with van der Waals surface area (Å²) in [5.74, 6) is 0.817. The van der Waals surface area contributed by atoms with Crippen molar-refractivity contribution in [3.8, 4) is 17.4 Å². The second-order valence-electron chi connectivity index (χ2n) is 8.53. The number of benzene rings is 2. The Morgan fingerprint density at radius 3 is 2.70 bits per heavy atom. The second kappa shape index (κ2) is 10.1. The molecule has 2 aliphatic heterocycles. The molecule has 1 aromatic heterocycles. The van der Waals surface area contributed by atoms with Gasteiger partial charge < -0.3 is 29.7 Å². The average Bonchev–Trinajstić information content (AvgIpc) is 2.90. The molecule has 1 amide bonds. The molecule has 2 N–H and O–H groups in total. The van der Waals surface area contributed by atoms with Gasteiger partial charge in [0.05, 0.1) is 25.3 Å². The van der Waals surface area contributed by atoms with Crippen molar-refractivity contribution in [2.75, 3.05) is 55.0 Å². The number of nitrogens with one attached hydrogen (secondary N) is 2. The normalized spacial score (nSPS) is 15.3. The monoisotopic (exact) mass is 515 g/mol. The van der Waals surface area contributed by atoms with Gasteiger partial charge in [0.25, 0.3) is 11.8 Å². The van der Waals surface area contributed by atoms with E-state index in [1.165, 1.54) is 18.5 Å². The zero-order valence-electron chi connectivity index (χ0n) is 19.9. The number of hydrogen-bond donors (Lipinski definition) is 2. The fourth-order valence-corrected chi connectivity index (χ4v) is 4.02. The molecule has 1 saturated heterocycles. The third-order valence-corrected chi connectivity index (χ3v) is 5.95. The molecule has 5 rings (SSSR count). The predicted octanol–water partition coefficient (Wildman–Crippen LogP) is 4.49. The number of nitrogens with zero attached hydrogens (tertiary/aromatic N) is 3. The van der Waals surface area contributed by atoms with Crippen molar-refractivity contribution in [3.05, 3.63) is 59.4 Å². The summed E-state index contributed by atoms with van der Waals surface area (Å²) in [6.07, 6.45) is -3.23. The number of fused-ring (bicyclic) bond motifs is 1. The summed E-state index contributed by atoms with van der Waals surface area (Å²) < 4.78 is 57.7. The number of carbonyl (C=O) groups excluding carboxylic acids is 1. The van der Waals surface area contributed by atoms with Crippen LogP contribution in [0.4, 0.5) is 30.4 Å². The van der Waals surface area contributed by atoms with E-state index in [1.807, 2.05) is 0 Å². The van der Waals surface area contributed by atoms with Crippen LogP contribution in [-0.2, 0) is 10.9 Å². The van der Waals surface area contributed by atoms with Crippen LogP contribution >= 0.6 is 0 Å². The fraction of sp³-hybridized carbons (Fsp3) is 0.320. The van der Waals surface area contributed by atoms with Crippen LogP contribution in [0.25, 0.3) is 0 Å². The fourth-order valence-electron chi connectivity index (χ4n) is 4.02. The summed E-state index contributed by atoms with van der Waals surface area (Å²) >= 11 is 0. The Balaban J connectivity index is 1.40. The molecule has 1 fully saturated rings. The largest absolute Gasteiger partial charge is 0.483 e. The van der Waals surface area contributed by atoms with Crippen molar-refractivity contribution in [1.82, 2.24) is 9.97 Å². The number of aryl methyl sites for hydroxylation is 1. The first kappa shape index (κ1) is 24.6. The van der Waals surface area contributed by atoms with Crippen molar-refractivity contribution >= 4 is 23.1 Å². The van der Waals surface area contributed by atoms with Gasteiger partial charge >= 0.3 is 6.18 Å². The lowest BCUT2D eigenvalue weighted by Gasteiger charge is -2.29. The molecule has 12 heteroatoms. The maximum Gasteiger partial charge on any atom is 0.416 e. The van der Waals surface area contributed by atoms with Gasteiger partial charge in [0.2, 0.25) is 5.75 Å². The van der Waals surface area contributed by atoms with Gasteiger partial charge in [0, 0.05) is 30.0 Å². The SMILES string of the molecule is Cc1ccc(C(=O)Nc2cc(N3CCOCC3)cc(C(F)(F)F)c2)cc1Oc1ncnc2c1OCCN2. The highest BCUT2D eigenvalue weighted by Gasteiger charge is 2.32.